The maximum absolute atomic E-state index is 12.1. The predicted molar refractivity (Wildman–Crippen MR) is 101 cm³/mol. The van der Waals surface area contributed by atoms with E-state index in [1.54, 1.807) is 33.0 Å². The summed E-state index contributed by atoms with van der Waals surface area (Å²) in [4.78, 5) is 47.2. The van der Waals surface area contributed by atoms with Crippen molar-refractivity contribution in [2.45, 2.75) is 64.6 Å². The second kappa shape index (κ2) is 10.7. The number of ether oxygens (including phenoxy) is 4. The van der Waals surface area contributed by atoms with Gasteiger partial charge in [0.2, 0.25) is 6.10 Å². The lowest BCUT2D eigenvalue weighted by Crippen LogP contribution is -2.49. The molecule has 1 aromatic rings. The lowest BCUT2D eigenvalue weighted by molar-refractivity contribution is -0.765. The van der Waals surface area contributed by atoms with Crippen molar-refractivity contribution in [3.05, 3.63) is 30.1 Å². The maximum Gasteiger partial charge on any atom is 0.306 e. The zero-order valence-corrected chi connectivity index (χ0v) is 17.2. The molecule has 10 nitrogen and oxygen atoms in total. The van der Waals surface area contributed by atoms with E-state index < -0.39 is 48.4 Å². The number of carbonyl (C=O) groups is 4. The molecule has 10 heteroatoms. The molecule has 0 bridgehead atoms. The molecule has 1 amide bonds. The Bertz CT molecular complexity index is 797. The Labute approximate surface area is 174 Å². The van der Waals surface area contributed by atoms with Crippen molar-refractivity contribution >= 4 is 23.8 Å². The van der Waals surface area contributed by atoms with Crippen LogP contribution in [0.4, 0.5) is 0 Å². The normalized spacial score (nSPS) is 22.9. The highest BCUT2D eigenvalue weighted by molar-refractivity contribution is 5.92. The van der Waals surface area contributed by atoms with Crippen molar-refractivity contribution in [3.8, 4) is 0 Å². The van der Waals surface area contributed by atoms with Gasteiger partial charge in [-0.15, -0.1) is 0 Å². The molecule has 0 radical (unpaired) electrons. The van der Waals surface area contributed by atoms with Crippen LogP contribution >= 0.6 is 0 Å². The molecule has 0 spiro atoms. The fourth-order valence-electron chi connectivity index (χ4n) is 2.89. The van der Waals surface area contributed by atoms with Crippen LogP contribution in [-0.2, 0) is 33.3 Å². The van der Waals surface area contributed by atoms with Crippen LogP contribution in [0.15, 0.2) is 24.5 Å². The van der Waals surface area contributed by atoms with Gasteiger partial charge in [0.15, 0.2) is 18.5 Å². The number of aromatic nitrogens is 1. The second-order valence-corrected chi connectivity index (χ2v) is 6.62. The van der Waals surface area contributed by atoms with E-state index in [4.69, 9.17) is 24.7 Å². The zero-order chi connectivity index (χ0) is 22.3. The van der Waals surface area contributed by atoms with Gasteiger partial charge >= 0.3 is 24.1 Å². The Morgan fingerprint density at radius 3 is 2.17 bits per heavy atom. The number of nitrogens with two attached hydrogens (primary N) is 1. The topological polar surface area (TPSA) is 135 Å². The predicted octanol–water partition coefficient (Wildman–Crippen LogP) is 0.567. The molecule has 164 valence electrons. The standard InChI is InChI=1S/C20H26N2O8/c1-4-14(23)27-11-13-17(29-15(24)5-2)18(30-16(25)6-3)20(28-13)22-9-7-8-12(10-22)19(21)26/h7-10,13,17-18,20H,4-6,11H2,1-3H3,(H-,21,26)/p+1/t13-,17-,18-,20-/m1/s1. The molecule has 1 aliphatic rings. The van der Waals surface area contributed by atoms with Gasteiger partial charge in [-0.3, -0.25) is 19.2 Å². The Balaban J connectivity index is 2.40. The van der Waals surface area contributed by atoms with Gasteiger partial charge in [-0.05, 0) is 6.07 Å². The van der Waals surface area contributed by atoms with Crippen LogP contribution in [0.2, 0.25) is 0 Å². The van der Waals surface area contributed by atoms with Gasteiger partial charge in [0.1, 0.15) is 18.3 Å². The first kappa shape index (κ1) is 23.3. The summed E-state index contributed by atoms with van der Waals surface area (Å²) >= 11 is 0. The quantitative estimate of drug-likeness (QED) is 0.346. The van der Waals surface area contributed by atoms with E-state index in [0.29, 0.717) is 0 Å². The van der Waals surface area contributed by atoms with Gasteiger partial charge in [-0.25, -0.2) is 0 Å². The van der Waals surface area contributed by atoms with E-state index in [0.717, 1.165) is 0 Å². The van der Waals surface area contributed by atoms with Crippen molar-refractivity contribution < 1.29 is 42.7 Å². The third-order valence-corrected chi connectivity index (χ3v) is 4.50. The molecule has 1 aliphatic heterocycles. The molecule has 2 N–H and O–H groups in total. The SMILES string of the molecule is CCC(=O)OC[C@H]1O[C@@H]([n+]2cccc(C(N)=O)c2)[C@H](OC(=O)CC)[C@@H]1OC(=O)CC. The third-order valence-electron chi connectivity index (χ3n) is 4.50. The van der Waals surface area contributed by atoms with Gasteiger partial charge in [0, 0.05) is 25.3 Å². The van der Waals surface area contributed by atoms with E-state index in [1.165, 1.54) is 16.8 Å². The first-order valence-electron chi connectivity index (χ1n) is 9.81. The molecular formula is C20H27N2O8+. The van der Waals surface area contributed by atoms with Crippen molar-refractivity contribution in [2.24, 2.45) is 5.73 Å². The molecule has 2 rings (SSSR count). The maximum atomic E-state index is 12.1. The van der Waals surface area contributed by atoms with E-state index in [9.17, 15) is 19.2 Å². The number of esters is 3. The Morgan fingerprint density at radius 2 is 1.60 bits per heavy atom. The van der Waals surface area contributed by atoms with Crippen molar-refractivity contribution in [1.29, 1.82) is 0 Å². The Morgan fingerprint density at radius 1 is 1.00 bits per heavy atom. The van der Waals surface area contributed by atoms with Crippen molar-refractivity contribution in [2.75, 3.05) is 6.61 Å². The van der Waals surface area contributed by atoms with E-state index in [1.807, 2.05) is 0 Å². The van der Waals surface area contributed by atoms with Crippen LogP contribution in [0.25, 0.3) is 0 Å². The number of hydrogen-bond acceptors (Lipinski definition) is 8. The molecule has 30 heavy (non-hydrogen) atoms. The van der Waals surface area contributed by atoms with Crippen LogP contribution in [0.3, 0.4) is 0 Å². The number of amides is 1. The summed E-state index contributed by atoms with van der Waals surface area (Å²) in [5.41, 5.74) is 5.56. The Hall–Kier alpha value is -3.01. The van der Waals surface area contributed by atoms with Gasteiger partial charge in [-0.1, -0.05) is 20.8 Å². The van der Waals surface area contributed by atoms with Gasteiger partial charge in [0.25, 0.3) is 5.91 Å². The average Bonchev–Trinajstić information content (AvgIpc) is 3.08. The van der Waals surface area contributed by atoms with Crippen LogP contribution < -0.4 is 10.3 Å². The monoisotopic (exact) mass is 423 g/mol. The van der Waals surface area contributed by atoms with Crippen molar-refractivity contribution in [1.82, 2.24) is 0 Å². The molecular weight excluding hydrogens is 396 g/mol. The van der Waals surface area contributed by atoms with Crippen LogP contribution in [0, 0.1) is 0 Å². The van der Waals surface area contributed by atoms with Crippen LogP contribution in [-0.4, -0.2) is 48.7 Å². The number of nitrogens with zero attached hydrogens (tertiary/aromatic N) is 1. The summed E-state index contributed by atoms with van der Waals surface area (Å²) in [6, 6.07) is 3.11. The molecule has 0 aliphatic carbocycles. The first-order chi connectivity index (χ1) is 14.3. The smallest absolute Gasteiger partial charge is 0.306 e. The lowest BCUT2D eigenvalue weighted by atomic mass is 10.1. The average molecular weight is 423 g/mol. The highest BCUT2D eigenvalue weighted by Gasteiger charge is 2.54. The van der Waals surface area contributed by atoms with Crippen molar-refractivity contribution in [3.63, 3.8) is 0 Å². The lowest BCUT2D eigenvalue weighted by Gasteiger charge is -2.22. The number of hydrogen-bond donors (Lipinski definition) is 1. The van der Waals surface area contributed by atoms with Gasteiger partial charge in [-0.2, -0.15) is 4.57 Å². The minimum absolute atomic E-state index is 0.0964. The summed E-state index contributed by atoms with van der Waals surface area (Å²) in [5, 5.41) is 0. The summed E-state index contributed by atoms with van der Waals surface area (Å²) in [6.07, 6.45) is -0.430. The molecule has 0 saturated carbocycles. The summed E-state index contributed by atoms with van der Waals surface area (Å²) < 4.78 is 23.7. The van der Waals surface area contributed by atoms with Crippen LogP contribution in [0.5, 0.6) is 0 Å². The fourth-order valence-corrected chi connectivity index (χ4v) is 2.89. The van der Waals surface area contributed by atoms with Gasteiger partial charge < -0.3 is 24.7 Å². The molecule has 1 fully saturated rings. The van der Waals surface area contributed by atoms with E-state index in [-0.39, 0.29) is 31.4 Å². The first-order valence-corrected chi connectivity index (χ1v) is 9.81. The molecule has 2 heterocycles. The molecule has 1 saturated heterocycles. The number of primary amides is 1. The summed E-state index contributed by atoms with van der Waals surface area (Å²) in [5.74, 6) is -2.14. The molecule has 1 aromatic heterocycles. The molecule has 0 unspecified atom stereocenters. The van der Waals surface area contributed by atoms with E-state index >= 15 is 0 Å². The van der Waals surface area contributed by atoms with Gasteiger partial charge in [0.05, 0.1) is 0 Å². The minimum atomic E-state index is -1.02. The third kappa shape index (κ3) is 5.76. The zero-order valence-electron chi connectivity index (χ0n) is 17.2. The largest absolute Gasteiger partial charge is 0.463 e. The second-order valence-electron chi connectivity index (χ2n) is 6.62. The molecule has 4 atom stereocenters. The minimum Gasteiger partial charge on any atom is -0.463 e. The highest BCUT2D eigenvalue weighted by Crippen LogP contribution is 2.31. The fraction of sp³-hybridized carbons (Fsp3) is 0.550. The number of carbonyl (C=O) groups excluding carboxylic acids is 4. The highest BCUT2D eigenvalue weighted by atomic mass is 16.7. The summed E-state index contributed by atoms with van der Waals surface area (Å²) in [6.45, 7) is 4.70. The van der Waals surface area contributed by atoms with E-state index in [2.05, 4.69) is 0 Å². The summed E-state index contributed by atoms with van der Waals surface area (Å²) in [7, 11) is 0. The Kier molecular flexibility index (Phi) is 8.28. The number of pyridine rings is 1. The van der Waals surface area contributed by atoms with Crippen LogP contribution in [0.1, 0.15) is 56.6 Å². The number of rotatable bonds is 9. The molecule has 0 aromatic carbocycles.